The number of nitrogens with one attached hydrogen (secondary N) is 1. The summed E-state index contributed by atoms with van der Waals surface area (Å²) >= 11 is 0. The molecule has 0 amide bonds. The standard InChI is InChI=1S/C14H16N2O/c17-11-6-7-12-13(15-16-14(12)9-11)8-10-4-2-1-3-5-10/h1-5,11,17H,6-9H2,(H,15,16). The third-order valence-corrected chi connectivity index (χ3v) is 3.42. The van der Waals surface area contributed by atoms with Crippen LogP contribution in [0.3, 0.4) is 0 Å². The van der Waals surface area contributed by atoms with Gasteiger partial charge in [0.05, 0.1) is 11.8 Å². The van der Waals surface area contributed by atoms with Gasteiger partial charge in [0.25, 0.3) is 0 Å². The minimum Gasteiger partial charge on any atom is -0.393 e. The molecule has 3 nitrogen and oxygen atoms in total. The van der Waals surface area contributed by atoms with Gasteiger partial charge in [0.15, 0.2) is 0 Å². The van der Waals surface area contributed by atoms with E-state index < -0.39 is 0 Å². The topological polar surface area (TPSA) is 48.9 Å². The van der Waals surface area contributed by atoms with Crippen LogP contribution in [0.5, 0.6) is 0 Å². The Morgan fingerprint density at radius 3 is 2.94 bits per heavy atom. The lowest BCUT2D eigenvalue weighted by atomic mass is 9.92. The zero-order valence-electron chi connectivity index (χ0n) is 9.69. The van der Waals surface area contributed by atoms with E-state index in [9.17, 15) is 5.11 Å². The third-order valence-electron chi connectivity index (χ3n) is 3.42. The predicted molar refractivity (Wildman–Crippen MR) is 65.9 cm³/mol. The first-order chi connectivity index (χ1) is 8.33. The quantitative estimate of drug-likeness (QED) is 0.824. The van der Waals surface area contributed by atoms with Crippen molar-refractivity contribution < 1.29 is 5.11 Å². The molecule has 3 rings (SSSR count). The maximum atomic E-state index is 9.61. The number of hydrogen-bond acceptors (Lipinski definition) is 2. The molecular formula is C14H16N2O. The van der Waals surface area contributed by atoms with Gasteiger partial charge in [0, 0.05) is 18.5 Å². The van der Waals surface area contributed by atoms with E-state index in [-0.39, 0.29) is 6.10 Å². The Bertz CT molecular complexity index is 504. The van der Waals surface area contributed by atoms with Gasteiger partial charge in [-0.15, -0.1) is 0 Å². The fourth-order valence-corrected chi connectivity index (χ4v) is 2.49. The molecule has 0 saturated carbocycles. The van der Waals surface area contributed by atoms with Gasteiger partial charge in [0.1, 0.15) is 0 Å². The molecule has 1 aromatic heterocycles. The van der Waals surface area contributed by atoms with Gasteiger partial charge in [-0.2, -0.15) is 5.10 Å². The van der Waals surface area contributed by atoms with E-state index in [1.807, 2.05) is 6.07 Å². The Kier molecular flexibility index (Phi) is 2.69. The number of aliphatic hydroxyl groups is 1. The molecule has 2 aromatic rings. The van der Waals surface area contributed by atoms with Gasteiger partial charge in [0.2, 0.25) is 0 Å². The number of hydrogen-bond donors (Lipinski definition) is 2. The number of benzene rings is 1. The van der Waals surface area contributed by atoms with E-state index in [0.717, 1.165) is 37.1 Å². The summed E-state index contributed by atoms with van der Waals surface area (Å²) in [4.78, 5) is 0. The normalized spacial score (nSPS) is 19.0. The summed E-state index contributed by atoms with van der Waals surface area (Å²) in [6.07, 6.45) is 3.19. The molecule has 3 heteroatoms. The average Bonchev–Trinajstić information content (AvgIpc) is 2.73. The minimum atomic E-state index is -0.201. The second-order valence-electron chi connectivity index (χ2n) is 4.69. The van der Waals surface area contributed by atoms with Crippen molar-refractivity contribution in [2.75, 3.05) is 0 Å². The molecule has 1 aliphatic carbocycles. The molecule has 0 spiro atoms. The maximum Gasteiger partial charge on any atom is 0.0700 e. The van der Waals surface area contributed by atoms with Crippen molar-refractivity contribution in [3.05, 3.63) is 52.8 Å². The lowest BCUT2D eigenvalue weighted by molar-refractivity contribution is 0.157. The highest BCUT2D eigenvalue weighted by atomic mass is 16.3. The maximum absolute atomic E-state index is 9.61. The lowest BCUT2D eigenvalue weighted by Gasteiger charge is -2.17. The van der Waals surface area contributed by atoms with Crippen molar-refractivity contribution in [3.63, 3.8) is 0 Å². The Labute approximate surface area is 100 Å². The zero-order chi connectivity index (χ0) is 11.7. The van der Waals surface area contributed by atoms with Crippen molar-refractivity contribution in [2.24, 2.45) is 0 Å². The van der Waals surface area contributed by atoms with Gasteiger partial charge in [-0.05, 0) is 24.0 Å². The van der Waals surface area contributed by atoms with E-state index in [1.54, 1.807) is 0 Å². The summed E-state index contributed by atoms with van der Waals surface area (Å²) in [5.74, 6) is 0. The average molecular weight is 228 g/mol. The Morgan fingerprint density at radius 2 is 2.12 bits per heavy atom. The van der Waals surface area contributed by atoms with Crippen molar-refractivity contribution in [2.45, 2.75) is 31.8 Å². The highest BCUT2D eigenvalue weighted by molar-refractivity contribution is 5.32. The van der Waals surface area contributed by atoms with Crippen LogP contribution in [-0.2, 0) is 19.3 Å². The van der Waals surface area contributed by atoms with Crippen LogP contribution >= 0.6 is 0 Å². The monoisotopic (exact) mass is 228 g/mol. The molecule has 1 unspecified atom stereocenters. The Morgan fingerprint density at radius 1 is 1.29 bits per heavy atom. The number of rotatable bonds is 2. The summed E-state index contributed by atoms with van der Waals surface area (Å²) in [5.41, 5.74) is 4.86. The summed E-state index contributed by atoms with van der Waals surface area (Å²) in [6, 6.07) is 10.4. The SMILES string of the molecule is OC1CCc2c(Cc3ccccc3)n[nH]c2C1. The van der Waals surface area contributed by atoms with Crippen LogP contribution in [0, 0.1) is 0 Å². The summed E-state index contributed by atoms with van der Waals surface area (Å²) in [5, 5.41) is 17.1. The number of H-pyrrole nitrogens is 1. The van der Waals surface area contributed by atoms with E-state index in [0.29, 0.717) is 0 Å². The van der Waals surface area contributed by atoms with Crippen molar-refractivity contribution in [1.29, 1.82) is 0 Å². The zero-order valence-corrected chi connectivity index (χ0v) is 9.69. The Hall–Kier alpha value is -1.61. The molecular weight excluding hydrogens is 212 g/mol. The van der Waals surface area contributed by atoms with Gasteiger partial charge in [-0.25, -0.2) is 0 Å². The van der Waals surface area contributed by atoms with Crippen molar-refractivity contribution in [3.8, 4) is 0 Å². The number of nitrogens with zero attached hydrogens (tertiary/aromatic N) is 1. The molecule has 1 atom stereocenters. The molecule has 1 aromatic carbocycles. The van der Waals surface area contributed by atoms with Crippen LogP contribution in [0.4, 0.5) is 0 Å². The fraction of sp³-hybridized carbons (Fsp3) is 0.357. The molecule has 1 aliphatic rings. The summed E-state index contributed by atoms with van der Waals surface area (Å²) in [6.45, 7) is 0. The minimum absolute atomic E-state index is 0.201. The lowest BCUT2D eigenvalue weighted by Crippen LogP contribution is -2.18. The number of aromatic nitrogens is 2. The van der Waals surface area contributed by atoms with Crippen molar-refractivity contribution >= 4 is 0 Å². The molecule has 2 N–H and O–H groups in total. The first-order valence-corrected chi connectivity index (χ1v) is 6.10. The van der Waals surface area contributed by atoms with E-state index >= 15 is 0 Å². The molecule has 0 fully saturated rings. The third kappa shape index (κ3) is 2.11. The second-order valence-corrected chi connectivity index (χ2v) is 4.69. The molecule has 0 radical (unpaired) electrons. The highest BCUT2D eigenvalue weighted by Gasteiger charge is 2.21. The van der Waals surface area contributed by atoms with E-state index in [2.05, 4.69) is 34.5 Å². The molecule has 0 aliphatic heterocycles. The molecule has 88 valence electrons. The first kappa shape index (κ1) is 10.5. The van der Waals surface area contributed by atoms with Gasteiger partial charge < -0.3 is 5.11 Å². The number of fused-ring (bicyclic) bond motifs is 1. The molecule has 17 heavy (non-hydrogen) atoms. The summed E-state index contributed by atoms with van der Waals surface area (Å²) < 4.78 is 0. The van der Waals surface area contributed by atoms with Crippen LogP contribution < -0.4 is 0 Å². The van der Waals surface area contributed by atoms with Gasteiger partial charge in [-0.3, -0.25) is 5.10 Å². The largest absolute Gasteiger partial charge is 0.393 e. The van der Waals surface area contributed by atoms with Gasteiger partial charge >= 0.3 is 0 Å². The number of aliphatic hydroxyl groups excluding tert-OH is 1. The van der Waals surface area contributed by atoms with Crippen molar-refractivity contribution in [1.82, 2.24) is 10.2 Å². The summed E-state index contributed by atoms with van der Waals surface area (Å²) in [7, 11) is 0. The van der Waals surface area contributed by atoms with E-state index in [4.69, 9.17) is 0 Å². The van der Waals surface area contributed by atoms with Crippen LogP contribution in [-0.4, -0.2) is 21.4 Å². The first-order valence-electron chi connectivity index (χ1n) is 6.10. The van der Waals surface area contributed by atoms with Crippen LogP contribution in [0.1, 0.15) is 28.9 Å². The highest BCUT2D eigenvalue weighted by Crippen LogP contribution is 2.24. The second kappa shape index (κ2) is 4.34. The van der Waals surface area contributed by atoms with E-state index in [1.165, 1.54) is 11.1 Å². The number of aromatic amines is 1. The predicted octanol–water partition coefficient (Wildman–Crippen LogP) is 1.85. The van der Waals surface area contributed by atoms with Gasteiger partial charge in [-0.1, -0.05) is 30.3 Å². The molecule has 0 saturated heterocycles. The molecule has 1 heterocycles. The fourth-order valence-electron chi connectivity index (χ4n) is 2.49. The van der Waals surface area contributed by atoms with Crippen LogP contribution in [0.2, 0.25) is 0 Å². The Balaban J connectivity index is 1.85. The van der Waals surface area contributed by atoms with Crippen LogP contribution in [0.25, 0.3) is 0 Å². The smallest absolute Gasteiger partial charge is 0.0700 e. The molecule has 0 bridgehead atoms. The van der Waals surface area contributed by atoms with Crippen LogP contribution in [0.15, 0.2) is 30.3 Å².